The molecule has 0 aromatic heterocycles. The van der Waals surface area contributed by atoms with Crippen molar-refractivity contribution < 1.29 is 23.5 Å². The molecule has 0 spiro atoms. The van der Waals surface area contributed by atoms with Crippen LogP contribution in [0.3, 0.4) is 0 Å². The molecule has 2 heterocycles. The van der Waals surface area contributed by atoms with Gasteiger partial charge in [0.25, 0.3) is 11.1 Å². The van der Waals surface area contributed by atoms with Crippen molar-refractivity contribution in [1.82, 2.24) is 5.32 Å². The van der Waals surface area contributed by atoms with Crippen molar-refractivity contribution in [3.63, 3.8) is 0 Å². The zero-order chi connectivity index (χ0) is 23.4. The minimum Gasteiger partial charge on any atom is -0.496 e. The lowest BCUT2D eigenvalue weighted by Gasteiger charge is -2.37. The number of rotatable bonds is 3. The van der Waals surface area contributed by atoms with E-state index in [2.05, 4.69) is 5.32 Å². The minimum absolute atomic E-state index is 0.00263. The fraction of sp³-hybridized carbons (Fsp3) is 0.292. The van der Waals surface area contributed by atoms with Gasteiger partial charge in [0, 0.05) is 30.1 Å². The summed E-state index contributed by atoms with van der Waals surface area (Å²) in [6, 6.07) is 6.95. The smallest absolute Gasteiger partial charge is 0.290 e. The van der Waals surface area contributed by atoms with E-state index in [4.69, 9.17) is 4.74 Å². The van der Waals surface area contributed by atoms with E-state index in [1.165, 1.54) is 19.3 Å². The van der Waals surface area contributed by atoms with Crippen LogP contribution in [0.2, 0.25) is 0 Å². The van der Waals surface area contributed by atoms with E-state index in [1.807, 2.05) is 32.9 Å². The summed E-state index contributed by atoms with van der Waals surface area (Å²) in [7, 11) is 3.18. The number of ether oxygens (including phenoxy) is 1. The highest BCUT2D eigenvalue weighted by Gasteiger charge is 2.36. The van der Waals surface area contributed by atoms with Crippen LogP contribution in [-0.2, 0) is 15.0 Å². The number of fused-ring (bicyclic) bond motifs is 1. The second-order valence-corrected chi connectivity index (χ2v) is 9.61. The summed E-state index contributed by atoms with van der Waals surface area (Å²) in [5.74, 6) is -0.797. The van der Waals surface area contributed by atoms with Gasteiger partial charge >= 0.3 is 0 Å². The number of aryl methyl sites for hydroxylation is 1. The maximum absolute atomic E-state index is 15.8. The molecule has 1 saturated heterocycles. The van der Waals surface area contributed by atoms with Gasteiger partial charge in [0.05, 0.1) is 17.6 Å². The van der Waals surface area contributed by atoms with E-state index in [9.17, 15) is 14.4 Å². The average molecular weight is 455 g/mol. The van der Waals surface area contributed by atoms with Crippen molar-refractivity contribution in [3.8, 4) is 16.9 Å². The number of anilines is 1. The predicted octanol–water partition coefficient (Wildman–Crippen LogP) is 4.78. The van der Waals surface area contributed by atoms with Crippen LogP contribution >= 0.6 is 11.8 Å². The quantitative estimate of drug-likeness (QED) is 0.676. The molecule has 6 nitrogen and oxygen atoms in total. The second kappa shape index (κ2) is 7.78. The molecule has 0 radical (unpaired) electrons. The van der Waals surface area contributed by atoms with Gasteiger partial charge in [-0.1, -0.05) is 19.9 Å². The molecule has 0 unspecified atom stereocenters. The first-order valence-electron chi connectivity index (χ1n) is 10.1. The molecule has 2 aromatic carbocycles. The Morgan fingerprint density at radius 1 is 1.22 bits per heavy atom. The monoisotopic (exact) mass is 454 g/mol. The summed E-state index contributed by atoms with van der Waals surface area (Å²) in [5, 5.41) is 1.68. The molecule has 1 fully saturated rings. The molecule has 166 valence electrons. The molecule has 0 saturated carbocycles. The van der Waals surface area contributed by atoms with Crippen LogP contribution in [0.15, 0.2) is 29.2 Å². The molecule has 3 amide bonds. The number of imide groups is 1. The lowest BCUT2D eigenvalue weighted by Crippen LogP contribution is -2.39. The first-order chi connectivity index (χ1) is 15.0. The number of thioether (sulfide) groups is 1. The van der Waals surface area contributed by atoms with Crippen LogP contribution in [0.5, 0.6) is 5.75 Å². The molecule has 2 aromatic rings. The lowest BCUT2D eigenvalue weighted by atomic mass is 9.76. The Bertz CT molecular complexity index is 1220. The zero-order valence-corrected chi connectivity index (χ0v) is 19.3. The normalized spacial score (nSPS) is 18.8. The van der Waals surface area contributed by atoms with Gasteiger partial charge in [-0.05, 0) is 59.7 Å². The Balaban J connectivity index is 1.92. The topological polar surface area (TPSA) is 75.7 Å². The molecular formula is C24H23FN2O4S. The number of carbonyl (C=O) groups is 3. The molecule has 8 heteroatoms. The average Bonchev–Trinajstić information content (AvgIpc) is 3.04. The van der Waals surface area contributed by atoms with Crippen molar-refractivity contribution in [2.75, 3.05) is 19.1 Å². The van der Waals surface area contributed by atoms with Gasteiger partial charge < -0.3 is 9.64 Å². The first kappa shape index (κ1) is 22.1. The third-order valence-electron chi connectivity index (χ3n) is 5.95. The number of hydrogen-bond donors (Lipinski definition) is 1. The van der Waals surface area contributed by atoms with E-state index in [-0.39, 0.29) is 27.4 Å². The van der Waals surface area contributed by atoms with Gasteiger partial charge in [-0.2, -0.15) is 0 Å². The fourth-order valence-corrected chi connectivity index (χ4v) is 4.85. The molecule has 2 aliphatic heterocycles. The van der Waals surface area contributed by atoms with Gasteiger partial charge in [0.1, 0.15) is 11.6 Å². The molecule has 32 heavy (non-hydrogen) atoms. The highest BCUT2D eigenvalue weighted by atomic mass is 32.2. The Labute approximate surface area is 189 Å². The number of methoxy groups -OCH3 is 1. The summed E-state index contributed by atoms with van der Waals surface area (Å²) < 4.78 is 21.2. The third-order valence-corrected chi connectivity index (χ3v) is 6.76. The van der Waals surface area contributed by atoms with Crippen LogP contribution in [0, 0.1) is 12.7 Å². The van der Waals surface area contributed by atoms with E-state index < -0.39 is 17.0 Å². The summed E-state index contributed by atoms with van der Waals surface area (Å²) in [4.78, 5) is 37.7. The van der Waals surface area contributed by atoms with Crippen molar-refractivity contribution in [3.05, 3.63) is 51.7 Å². The molecule has 0 atom stereocenters. The maximum Gasteiger partial charge on any atom is 0.290 e. The third kappa shape index (κ3) is 3.58. The molecule has 0 aliphatic carbocycles. The van der Waals surface area contributed by atoms with E-state index in [0.717, 1.165) is 28.6 Å². The van der Waals surface area contributed by atoms with Crippen molar-refractivity contribution >= 4 is 40.6 Å². The van der Waals surface area contributed by atoms with Crippen molar-refractivity contribution in [2.24, 2.45) is 0 Å². The summed E-state index contributed by atoms with van der Waals surface area (Å²) in [5.41, 5.74) is 3.25. The summed E-state index contributed by atoms with van der Waals surface area (Å²) in [6.45, 7) is 5.94. The van der Waals surface area contributed by atoms with Crippen LogP contribution in [-0.4, -0.2) is 31.2 Å². The highest BCUT2D eigenvalue weighted by Crippen LogP contribution is 2.45. The largest absolute Gasteiger partial charge is 0.496 e. The van der Waals surface area contributed by atoms with Crippen LogP contribution in [0.25, 0.3) is 17.2 Å². The number of carbonyl (C=O) groups excluding carboxylic acids is 3. The van der Waals surface area contributed by atoms with Gasteiger partial charge in [0.15, 0.2) is 0 Å². The van der Waals surface area contributed by atoms with Gasteiger partial charge in [0.2, 0.25) is 5.91 Å². The van der Waals surface area contributed by atoms with Gasteiger partial charge in [-0.3, -0.25) is 19.7 Å². The minimum atomic E-state index is -0.573. The Morgan fingerprint density at radius 3 is 2.56 bits per heavy atom. The molecule has 4 rings (SSSR count). The van der Waals surface area contributed by atoms with Crippen LogP contribution in [0.4, 0.5) is 14.9 Å². The van der Waals surface area contributed by atoms with Gasteiger partial charge in [-0.25, -0.2) is 4.39 Å². The first-order valence-corrected chi connectivity index (χ1v) is 10.9. The number of hydrogen-bond acceptors (Lipinski definition) is 5. The lowest BCUT2D eigenvalue weighted by molar-refractivity contribution is -0.119. The fourth-order valence-electron chi connectivity index (χ4n) is 4.18. The predicted molar refractivity (Wildman–Crippen MR) is 123 cm³/mol. The molecule has 0 bridgehead atoms. The number of nitrogens with zero attached hydrogens (tertiary/aromatic N) is 1. The Hall–Kier alpha value is -3.13. The zero-order valence-electron chi connectivity index (χ0n) is 18.5. The SMILES string of the molecule is COc1ccc(/C=C2/SC(=O)NC2=O)c(F)c1-c1cc2c(cc1C)C(C)(C)CC(=O)N2C. The standard InChI is InChI=1S/C24H23FN2O4S/c1-12-8-15-16(27(4)19(28)11-24(15,2)3)10-14(12)20-17(31-5)7-6-13(21(20)25)9-18-22(29)26-23(30)32-18/h6-10H,11H2,1-5H3,(H,26,29,30)/b18-9+. The van der Waals surface area contributed by atoms with E-state index in [0.29, 0.717) is 17.7 Å². The van der Waals surface area contributed by atoms with E-state index in [1.54, 1.807) is 18.0 Å². The number of amides is 3. The Kier molecular flexibility index (Phi) is 5.36. The van der Waals surface area contributed by atoms with Crippen molar-refractivity contribution in [2.45, 2.75) is 32.6 Å². The number of nitrogens with one attached hydrogen (secondary N) is 1. The van der Waals surface area contributed by atoms with Crippen LogP contribution < -0.4 is 15.0 Å². The summed E-state index contributed by atoms with van der Waals surface area (Å²) in [6.07, 6.45) is 1.75. The molecule has 2 aliphatic rings. The molecule has 1 N–H and O–H groups in total. The number of halogens is 1. The van der Waals surface area contributed by atoms with Crippen LogP contribution in [0.1, 0.15) is 37.0 Å². The summed E-state index contributed by atoms with van der Waals surface area (Å²) >= 11 is 0.730. The Morgan fingerprint density at radius 2 is 1.94 bits per heavy atom. The van der Waals surface area contributed by atoms with Gasteiger partial charge in [-0.15, -0.1) is 0 Å². The second-order valence-electron chi connectivity index (χ2n) is 8.60. The van der Waals surface area contributed by atoms with E-state index >= 15 is 4.39 Å². The highest BCUT2D eigenvalue weighted by molar-refractivity contribution is 8.18. The molecular weight excluding hydrogens is 431 g/mol. The maximum atomic E-state index is 15.8. The van der Waals surface area contributed by atoms with Crippen molar-refractivity contribution in [1.29, 1.82) is 0 Å². The number of benzene rings is 2.